The minimum absolute atomic E-state index is 0. The van der Waals surface area contributed by atoms with Crippen molar-refractivity contribution in [3.8, 4) is 0 Å². The molecule has 2 rings (SSSR count). The molecule has 1 aromatic heterocycles. The molecular weight excluding hydrogens is 332 g/mol. The first-order valence-electron chi connectivity index (χ1n) is 8.17. The Morgan fingerprint density at radius 2 is 2.29 bits per heavy atom. The van der Waals surface area contributed by atoms with Crippen molar-refractivity contribution in [2.24, 2.45) is 0 Å². The number of hydrogen-bond acceptors (Lipinski definition) is 5. The summed E-state index contributed by atoms with van der Waals surface area (Å²) in [5, 5.41) is 10.5. The third-order valence-electron chi connectivity index (χ3n) is 4.26. The average molecular weight is 359 g/mol. The summed E-state index contributed by atoms with van der Waals surface area (Å²) in [5.74, 6) is -0.794. The summed E-state index contributed by atoms with van der Waals surface area (Å²) in [5.41, 5.74) is -0.710. The number of nitrogens with zero attached hydrogens (tertiary/aromatic N) is 2. The number of halogens is 1. The lowest BCUT2D eigenvalue weighted by Gasteiger charge is -2.27. The largest absolute Gasteiger partial charge is 0.467 e. The molecule has 2 N–H and O–H groups in total. The van der Waals surface area contributed by atoms with Crippen molar-refractivity contribution in [2.45, 2.75) is 51.1 Å². The van der Waals surface area contributed by atoms with Gasteiger partial charge in [-0.05, 0) is 38.8 Å². The van der Waals surface area contributed by atoms with Gasteiger partial charge in [0.05, 0.1) is 13.2 Å². The van der Waals surface area contributed by atoms with Gasteiger partial charge in [0, 0.05) is 12.7 Å². The Morgan fingerprint density at radius 1 is 1.54 bits per heavy atom. The number of ether oxygens (including phenoxy) is 1. The molecule has 1 saturated heterocycles. The summed E-state index contributed by atoms with van der Waals surface area (Å²) < 4.78 is 6.65. The van der Waals surface area contributed by atoms with Crippen molar-refractivity contribution in [3.05, 3.63) is 18.0 Å². The number of carbonyl (C=O) groups excluding carboxylic acids is 2. The van der Waals surface area contributed by atoms with Gasteiger partial charge in [0.2, 0.25) is 0 Å². The zero-order valence-corrected chi connectivity index (χ0v) is 15.3. The van der Waals surface area contributed by atoms with Crippen LogP contribution in [0.25, 0.3) is 0 Å². The molecule has 0 bridgehead atoms. The summed E-state index contributed by atoms with van der Waals surface area (Å²) in [7, 11) is 1.33. The van der Waals surface area contributed by atoms with Gasteiger partial charge >= 0.3 is 5.97 Å². The first kappa shape index (κ1) is 20.4. The Balaban J connectivity index is 0.00000288. The molecule has 1 amide bonds. The SMILES string of the molecule is CCCC(C)(NC(=O)c1ccn(C2CCCNC2)n1)C(=O)OC.Cl. The fourth-order valence-corrected chi connectivity index (χ4v) is 2.98. The van der Waals surface area contributed by atoms with Crippen molar-refractivity contribution in [1.82, 2.24) is 20.4 Å². The minimum atomic E-state index is -1.03. The van der Waals surface area contributed by atoms with Crippen molar-refractivity contribution in [1.29, 1.82) is 0 Å². The quantitative estimate of drug-likeness (QED) is 0.756. The lowest BCUT2D eigenvalue weighted by Crippen LogP contribution is -2.52. The summed E-state index contributed by atoms with van der Waals surface area (Å²) in [4.78, 5) is 24.4. The second-order valence-electron chi connectivity index (χ2n) is 6.21. The average Bonchev–Trinajstić information content (AvgIpc) is 3.05. The van der Waals surface area contributed by atoms with E-state index >= 15 is 0 Å². The van der Waals surface area contributed by atoms with Gasteiger partial charge in [-0.15, -0.1) is 12.4 Å². The van der Waals surface area contributed by atoms with Gasteiger partial charge in [-0.1, -0.05) is 13.3 Å². The number of carbonyl (C=O) groups is 2. The normalized spacial score (nSPS) is 19.7. The molecule has 1 fully saturated rings. The van der Waals surface area contributed by atoms with Crippen LogP contribution in [-0.4, -0.2) is 47.4 Å². The van der Waals surface area contributed by atoms with Gasteiger partial charge in [0.1, 0.15) is 11.2 Å². The van der Waals surface area contributed by atoms with E-state index in [-0.39, 0.29) is 24.4 Å². The lowest BCUT2D eigenvalue weighted by atomic mass is 9.96. The summed E-state index contributed by atoms with van der Waals surface area (Å²) >= 11 is 0. The Labute approximate surface area is 148 Å². The predicted octanol–water partition coefficient (Wildman–Crippen LogP) is 1.69. The van der Waals surface area contributed by atoms with Crippen LogP contribution in [0.5, 0.6) is 0 Å². The van der Waals surface area contributed by atoms with Gasteiger partial charge in [-0.3, -0.25) is 9.48 Å². The van der Waals surface area contributed by atoms with Crippen molar-refractivity contribution in [2.75, 3.05) is 20.2 Å². The molecule has 0 spiro atoms. The van der Waals surface area contributed by atoms with Gasteiger partial charge in [-0.25, -0.2) is 4.79 Å². The van der Waals surface area contributed by atoms with Crippen LogP contribution < -0.4 is 10.6 Å². The van der Waals surface area contributed by atoms with Crippen molar-refractivity contribution < 1.29 is 14.3 Å². The number of hydrogen-bond donors (Lipinski definition) is 2. The zero-order chi connectivity index (χ0) is 16.9. The maximum Gasteiger partial charge on any atom is 0.331 e. The molecule has 1 aromatic rings. The smallest absolute Gasteiger partial charge is 0.331 e. The van der Waals surface area contributed by atoms with E-state index < -0.39 is 11.5 Å². The lowest BCUT2D eigenvalue weighted by molar-refractivity contribution is -0.147. The van der Waals surface area contributed by atoms with Crippen LogP contribution in [0, 0.1) is 0 Å². The first-order valence-corrected chi connectivity index (χ1v) is 8.17. The third-order valence-corrected chi connectivity index (χ3v) is 4.26. The summed E-state index contributed by atoms with van der Waals surface area (Å²) in [6.07, 6.45) is 5.24. The van der Waals surface area contributed by atoms with Gasteiger partial charge in [-0.2, -0.15) is 5.10 Å². The maximum absolute atomic E-state index is 12.4. The van der Waals surface area contributed by atoms with Crippen LogP contribution >= 0.6 is 12.4 Å². The van der Waals surface area contributed by atoms with Crippen LogP contribution in [-0.2, 0) is 9.53 Å². The van der Waals surface area contributed by atoms with E-state index in [2.05, 4.69) is 15.7 Å². The Kier molecular flexibility index (Phi) is 7.69. The van der Waals surface area contributed by atoms with Gasteiger partial charge in [0.15, 0.2) is 0 Å². The van der Waals surface area contributed by atoms with Crippen LogP contribution in [0.3, 0.4) is 0 Å². The van der Waals surface area contributed by atoms with E-state index in [4.69, 9.17) is 4.74 Å². The number of nitrogens with one attached hydrogen (secondary N) is 2. The van der Waals surface area contributed by atoms with Gasteiger partial charge in [0.25, 0.3) is 5.91 Å². The second kappa shape index (κ2) is 9.03. The fourth-order valence-electron chi connectivity index (χ4n) is 2.98. The summed E-state index contributed by atoms with van der Waals surface area (Å²) in [6, 6.07) is 1.96. The van der Waals surface area contributed by atoms with E-state index in [1.165, 1.54) is 7.11 Å². The number of rotatable bonds is 6. The first-order chi connectivity index (χ1) is 11.0. The minimum Gasteiger partial charge on any atom is -0.467 e. The molecular formula is C16H27ClN4O3. The molecule has 2 unspecified atom stereocenters. The summed E-state index contributed by atoms with van der Waals surface area (Å²) in [6.45, 7) is 5.53. The van der Waals surface area contributed by atoms with Crippen molar-refractivity contribution >= 4 is 24.3 Å². The highest BCUT2D eigenvalue weighted by Crippen LogP contribution is 2.17. The highest BCUT2D eigenvalue weighted by atomic mass is 35.5. The van der Waals surface area contributed by atoms with Crippen LogP contribution in [0.15, 0.2) is 12.3 Å². The van der Waals surface area contributed by atoms with Crippen LogP contribution in [0.1, 0.15) is 56.1 Å². The van der Waals surface area contributed by atoms with Crippen molar-refractivity contribution in [3.63, 3.8) is 0 Å². The van der Waals surface area contributed by atoms with Crippen LogP contribution in [0.4, 0.5) is 0 Å². The maximum atomic E-state index is 12.4. The molecule has 2 atom stereocenters. The number of esters is 1. The Morgan fingerprint density at radius 3 is 2.88 bits per heavy atom. The van der Waals surface area contributed by atoms with E-state index in [0.717, 1.165) is 32.4 Å². The zero-order valence-electron chi connectivity index (χ0n) is 14.5. The Hall–Kier alpha value is -1.60. The molecule has 24 heavy (non-hydrogen) atoms. The van der Waals surface area contributed by atoms with Crippen LogP contribution in [0.2, 0.25) is 0 Å². The number of aromatic nitrogens is 2. The molecule has 2 heterocycles. The molecule has 0 aromatic carbocycles. The number of piperidine rings is 1. The monoisotopic (exact) mass is 358 g/mol. The fraction of sp³-hybridized carbons (Fsp3) is 0.688. The molecule has 136 valence electrons. The molecule has 0 saturated carbocycles. The van der Waals surface area contributed by atoms with Gasteiger partial charge < -0.3 is 15.4 Å². The Bertz CT molecular complexity index is 557. The highest BCUT2D eigenvalue weighted by Gasteiger charge is 2.35. The van der Waals surface area contributed by atoms with E-state index in [1.54, 1.807) is 13.0 Å². The third kappa shape index (κ3) is 4.70. The van der Waals surface area contributed by atoms with E-state index in [1.807, 2.05) is 17.8 Å². The molecule has 1 aliphatic rings. The molecule has 8 heteroatoms. The standard InChI is InChI=1S/C16H26N4O3.ClH/c1-4-8-16(2,15(22)23-3)18-14(21)13-7-10-20(19-13)12-6-5-9-17-11-12;/h7,10,12,17H,4-6,8-9,11H2,1-3H3,(H,18,21);1H. The molecule has 7 nitrogen and oxygen atoms in total. The number of amides is 1. The van der Waals surface area contributed by atoms with E-state index in [0.29, 0.717) is 12.1 Å². The molecule has 0 radical (unpaired) electrons. The highest BCUT2D eigenvalue weighted by molar-refractivity contribution is 5.96. The number of methoxy groups -OCH3 is 1. The topological polar surface area (TPSA) is 85.3 Å². The molecule has 1 aliphatic heterocycles. The molecule has 0 aliphatic carbocycles. The van der Waals surface area contributed by atoms with E-state index in [9.17, 15) is 9.59 Å². The predicted molar refractivity (Wildman–Crippen MR) is 93.4 cm³/mol. The second-order valence-corrected chi connectivity index (χ2v) is 6.21.